The Morgan fingerprint density at radius 2 is 2.10 bits per heavy atom. The summed E-state index contributed by atoms with van der Waals surface area (Å²) < 4.78 is 11.9. The van der Waals surface area contributed by atoms with Gasteiger partial charge in [0.1, 0.15) is 18.1 Å². The van der Waals surface area contributed by atoms with Gasteiger partial charge in [-0.05, 0) is 49.2 Å². The lowest BCUT2D eigenvalue weighted by molar-refractivity contribution is 0.305. The molecule has 2 rings (SSSR count). The van der Waals surface area contributed by atoms with Crippen molar-refractivity contribution in [1.29, 1.82) is 0 Å². The fraction of sp³-hybridized carbons (Fsp3) is 0.333. The van der Waals surface area contributed by atoms with E-state index in [-0.39, 0.29) is 6.04 Å². The average molecular weight is 312 g/mol. The molecule has 0 bridgehead atoms. The van der Waals surface area contributed by atoms with E-state index in [4.69, 9.17) is 26.8 Å². The minimum absolute atomic E-state index is 0.0700. The molecular formula is C15H18ClNO2S. The highest BCUT2D eigenvalue weighted by Gasteiger charge is 2.09. The Labute approximate surface area is 128 Å². The van der Waals surface area contributed by atoms with E-state index in [2.05, 4.69) is 0 Å². The zero-order valence-corrected chi connectivity index (χ0v) is 13.1. The third kappa shape index (κ3) is 4.13. The molecule has 0 amide bonds. The van der Waals surface area contributed by atoms with Crippen molar-refractivity contribution in [2.75, 3.05) is 7.11 Å². The van der Waals surface area contributed by atoms with Crippen LogP contribution in [0.4, 0.5) is 0 Å². The van der Waals surface area contributed by atoms with E-state index in [1.165, 1.54) is 11.3 Å². The molecule has 0 radical (unpaired) electrons. The number of thiophene rings is 1. The van der Waals surface area contributed by atoms with Gasteiger partial charge in [-0.3, -0.25) is 0 Å². The summed E-state index contributed by atoms with van der Waals surface area (Å²) in [4.78, 5) is 1.09. The van der Waals surface area contributed by atoms with Crippen LogP contribution in [-0.4, -0.2) is 13.2 Å². The van der Waals surface area contributed by atoms with E-state index in [0.29, 0.717) is 6.61 Å². The molecule has 1 atom stereocenters. The lowest BCUT2D eigenvalue weighted by atomic mass is 10.1. The first-order valence-corrected chi connectivity index (χ1v) is 7.57. The van der Waals surface area contributed by atoms with Crippen LogP contribution < -0.4 is 15.2 Å². The maximum Gasteiger partial charge on any atom is 0.123 e. The summed E-state index contributed by atoms with van der Waals surface area (Å²) in [5, 5.41) is 0. The molecule has 20 heavy (non-hydrogen) atoms. The monoisotopic (exact) mass is 311 g/mol. The van der Waals surface area contributed by atoms with E-state index in [9.17, 15) is 0 Å². The lowest BCUT2D eigenvalue weighted by Gasteiger charge is -2.14. The van der Waals surface area contributed by atoms with Gasteiger partial charge in [-0.15, -0.1) is 11.3 Å². The number of benzene rings is 1. The van der Waals surface area contributed by atoms with Crippen LogP contribution in [0.1, 0.15) is 17.4 Å². The number of hydrogen-bond acceptors (Lipinski definition) is 4. The first-order valence-electron chi connectivity index (χ1n) is 6.38. The highest BCUT2D eigenvalue weighted by molar-refractivity contribution is 7.16. The van der Waals surface area contributed by atoms with Gasteiger partial charge in [-0.2, -0.15) is 0 Å². The van der Waals surface area contributed by atoms with Gasteiger partial charge >= 0.3 is 0 Å². The SMILES string of the molecule is COc1ccc(OCc2ccc(Cl)s2)c(CC(C)N)c1. The molecule has 0 aliphatic rings. The number of halogens is 1. The van der Waals surface area contributed by atoms with Gasteiger partial charge in [0.25, 0.3) is 0 Å². The van der Waals surface area contributed by atoms with Crippen LogP contribution in [-0.2, 0) is 13.0 Å². The van der Waals surface area contributed by atoms with Crippen molar-refractivity contribution in [3.8, 4) is 11.5 Å². The molecule has 5 heteroatoms. The molecule has 0 spiro atoms. The summed E-state index contributed by atoms with van der Waals surface area (Å²) in [5.74, 6) is 1.65. The summed E-state index contributed by atoms with van der Waals surface area (Å²) in [5.41, 5.74) is 6.94. The molecule has 1 unspecified atom stereocenters. The predicted octanol–water partition coefficient (Wildman–Crippen LogP) is 3.88. The lowest BCUT2D eigenvalue weighted by Crippen LogP contribution is -2.18. The second-order valence-electron chi connectivity index (χ2n) is 4.65. The fourth-order valence-electron chi connectivity index (χ4n) is 1.91. The number of hydrogen-bond donors (Lipinski definition) is 1. The average Bonchev–Trinajstić information content (AvgIpc) is 2.82. The van der Waals surface area contributed by atoms with Crippen LogP contribution in [0.15, 0.2) is 30.3 Å². The summed E-state index contributed by atoms with van der Waals surface area (Å²) >= 11 is 7.44. The summed E-state index contributed by atoms with van der Waals surface area (Å²) in [6.45, 7) is 2.48. The van der Waals surface area contributed by atoms with Gasteiger partial charge < -0.3 is 15.2 Å². The van der Waals surface area contributed by atoms with E-state index >= 15 is 0 Å². The zero-order valence-electron chi connectivity index (χ0n) is 11.6. The van der Waals surface area contributed by atoms with Gasteiger partial charge in [0.05, 0.1) is 11.4 Å². The minimum Gasteiger partial charge on any atom is -0.497 e. The van der Waals surface area contributed by atoms with Crippen molar-refractivity contribution < 1.29 is 9.47 Å². The van der Waals surface area contributed by atoms with Crippen molar-refractivity contribution in [3.05, 3.63) is 45.1 Å². The Bertz CT molecular complexity index is 569. The Morgan fingerprint density at radius 1 is 1.30 bits per heavy atom. The van der Waals surface area contributed by atoms with E-state index in [1.807, 2.05) is 37.3 Å². The highest BCUT2D eigenvalue weighted by Crippen LogP contribution is 2.28. The maximum atomic E-state index is 5.91. The van der Waals surface area contributed by atoms with Crippen molar-refractivity contribution in [2.45, 2.75) is 26.0 Å². The molecule has 0 aliphatic heterocycles. The van der Waals surface area contributed by atoms with E-state index in [1.54, 1.807) is 7.11 Å². The van der Waals surface area contributed by atoms with E-state index in [0.717, 1.165) is 32.7 Å². The first kappa shape index (κ1) is 15.2. The Kier molecular flexibility index (Phi) is 5.29. The topological polar surface area (TPSA) is 44.5 Å². The number of rotatable bonds is 6. The van der Waals surface area contributed by atoms with Crippen molar-refractivity contribution >= 4 is 22.9 Å². The van der Waals surface area contributed by atoms with Crippen molar-refractivity contribution in [1.82, 2.24) is 0 Å². The smallest absolute Gasteiger partial charge is 0.123 e. The summed E-state index contributed by atoms with van der Waals surface area (Å²) in [6, 6.07) is 9.71. The third-order valence-electron chi connectivity index (χ3n) is 2.81. The van der Waals surface area contributed by atoms with Crippen LogP contribution in [0.5, 0.6) is 11.5 Å². The highest BCUT2D eigenvalue weighted by atomic mass is 35.5. The first-order chi connectivity index (χ1) is 9.58. The number of nitrogens with two attached hydrogens (primary N) is 1. The minimum atomic E-state index is 0.0700. The molecule has 0 saturated carbocycles. The van der Waals surface area contributed by atoms with Gasteiger partial charge in [0.2, 0.25) is 0 Å². The molecule has 1 aromatic carbocycles. The number of ether oxygens (including phenoxy) is 2. The van der Waals surface area contributed by atoms with Crippen LogP contribution in [0.2, 0.25) is 4.34 Å². The normalized spacial score (nSPS) is 12.2. The Hall–Kier alpha value is -1.23. The standard InChI is InChI=1S/C15H18ClNO2S/c1-10(17)7-11-8-12(18-2)3-5-14(11)19-9-13-4-6-15(16)20-13/h3-6,8,10H,7,9,17H2,1-2H3. The van der Waals surface area contributed by atoms with Gasteiger partial charge in [0, 0.05) is 10.9 Å². The van der Waals surface area contributed by atoms with Crippen molar-refractivity contribution in [2.24, 2.45) is 5.73 Å². The van der Waals surface area contributed by atoms with Crippen molar-refractivity contribution in [3.63, 3.8) is 0 Å². The predicted molar refractivity (Wildman–Crippen MR) is 84.0 cm³/mol. The molecule has 2 N–H and O–H groups in total. The molecule has 1 aromatic heterocycles. The quantitative estimate of drug-likeness (QED) is 0.880. The number of methoxy groups -OCH3 is 1. The molecule has 0 aliphatic carbocycles. The molecule has 3 nitrogen and oxygen atoms in total. The van der Waals surface area contributed by atoms with Gasteiger partial charge in [-0.25, -0.2) is 0 Å². The fourth-order valence-corrected chi connectivity index (χ4v) is 2.91. The zero-order chi connectivity index (χ0) is 14.5. The molecule has 0 saturated heterocycles. The summed E-state index contributed by atoms with van der Waals surface area (Å²) in [7, 11) is 1.65. The summed E-state index contributed by atoms with van der Waals surface area (Å²) in [6.07, 6.45) is 0.748. The van der Waals surface area contributed by atoms with Crippen LogP contribution in [0.25, 0.3) is 0 Å². The second kappa shape index (κ2) is 6.97. The second-order valence-corrected chi connectivity index (χ2v) is 6.45. The van der Waals surface area contributed by atoms with Crippen LogP contribution in [0.3, 0.4) is 0 Å². The van der Waals surface area contributed by atoms with Crippen LogP contribution >= 0.6 is 22.9 Å². The molecule has 108 valence electrons. The van der Waals surface area contributed by atoms with Gasteiger partial charge in [-0.1, -0.05) is 11.6 Å². The van der Waals surface area contributed by atoms with Crippen LogP contribution in [0, 0.1) is 0 Å². The third-order valence-corrected chi connectivity index (χ3v) is 4.01. The Morgan fingerprint density at radius 3 is 2.70 bits per heavy atom. The molecule has 0 fully saturated rings. The Balaban J connectivity index is 2.12. The van der Waals surface area contributed by atoms with E-state index < -0.39 is 0 Å². The molecule has 2 aromatic rings. The molecular weight excluding hydrogens is 294 g/mol. The van der Waals surface area contributed by atoms with Gasteiger partial charge in [0.15, 0.2) is 0 Å². The largest absolute Gasteiger partial charge is 0.497 e. The molecule has 1 heterocycles. The maximum absolute atomic E-state index is 5.91.